The topological polar surface area (TPSA) is 56.8 Å². The van der Waals surface area contributed by atoms with Gasteiger partial charge in [-0.2, -0.15) is 10.5 Å². The van der Waals surface area contributed by atoms with E-state index in [-0.39, 0.29) is 5.57 Å². The smallest absolute Gasteiger partial charge is 0.143 e. The first kappa shape index (κ1) is 11.3. The third-order valence-corrected chi connectivity index (χ3v) is 3.46. The Hall–Kier alpha value is -2.17. The first-order valence-corrected chi connectivity index (χ1v) is 5.68. The Balaban J connectivity index is 2.46. The fourth-order valence-electron chi connectivity index (χ4n) is 1.46. The van der Waals surface area contributed by atoms with Crippen molar-refractivity contribution in [3.8, 4) is 17.9 Å². The molecule has 0 spiro atoms. The van der Waals surface area contributed by atoms with Gasteiger partial charge in [0, 0.05) is 9.80 Å². The summed E-state index contributed by atoms with van der Waals surface area (Å²) in [7, 11) is 1.61. The molecule has 0 N–H and O–H groups in total. The molecule has 17 heavy (non-hydrogen) atoms. The van der Waals surface area contributed by atoms with Gasteiger partial charge < -0.3 is 4.74 Å². The Morgan fingerprint density at radius 1 is 1.24 bits per heavy atom. The summed E-state index contributed by atoms with van der Waals surface area (Å²) < 4.78 is 5.15. The molecule has 0 fully saturated rings. The molecule has 0 saturated carbocycles. The number of hydrogen-bond donors (Lipinski definition) is 0. The van der Waals surface area contributed by atoms with E-state index in [0.717, 1.165) is 16.2 Å². The van der Waals surface area contributed by atoms with Crippen molar-refractivity contribution in [2.75, 3.05) is 7.11 Å². The monoisotopic (exact) mass is 240 g/mol. The van der Waals surface area contributed by atoms with Gasteiger partial charge in [0.05, 0.1) is 7.11 Å². The predicted molar refractivity (Wildman–Crippen MR) is 66.1 cm³/mol. The molecule has 0 bridgehead atoms. The van der Waals surface area contributed by atoms with Gasteiger partial charge in [-0.3, -0.25) is 0 Å². The van der Waals surface area contributed by atoms with E-state index in [1.165, 1.54) is 11.8 Å². The second kappa shape index (κ2) is 4.78. The lowest BCUT2D eigenvalue weighted by Gasteiger charge is -2.13. The zero-order valence-electron chi connectivity index (χ0n) is 9.10. The van der Waals surface area contributed by atoms with Crippen LogP contribution in [0.5, 0.6) is 5.75 Å². The largest absolute Gasteiger partial charge is 0.497 e. The lowest BCUT2D eigenvalue weighted by molar-refractivity contribution is 0.413. The second-order valence-electron chi connectivity index (χ2n) is 3.30. The summed E-state index contributed by atoms with van der Waals surface area (Å²) in [6.07, 6.45) is 3.69. The Bertz CT molecular complexity index is 587. The molecule has 1 aromatic rings. The van der Waals surface area contributed by atoms with Crippen LogP contribution in [-0.2, 0) is 0 Å². The number of fused-ring (bicyclic) bond motifs is 1. The molecule has 0 amide bonds. The summed E-state index contributed by atoms with van der Waals surface area (Å²) in [6, 6.07) is 9.52. The van der Waals surface area contributed by atoms with Crippen LogP contribution >= 0.6 is 11.8 Å². The highest BCUT2D eigenvalue weighted by Crippen LogP contribution is 2.39. The fraction of sp³-hybridized carbons (Fsp3) is 0.0769. The van der Waals surface area contributed by atoms with E-state index in [1.54, 1.807) is 13.2 Å². The van der Waals surface area contributed by atoms with Crippen molar-refractivity contribution in [1.82, 2.24) is 0 Å². The minimum absolute atomic E-state index is 0.139. The van der Waals surface area contributed by atoms with Crippen LogP contribution in [0.1, 0.15) is 5.56 Å². The molecule has 4 heteroatoms. The highest BCUT2D eigenvalue weighted by molar-refractivity contribution is 8.03. The zero-order valence-corrected chi connectivity index (χ0v) is 9.91. The maximum absolute atomic E-state index is 8.82. The van der Waals surface area contributed by atoms with E-state index in [1.807, 2.05) is 36.4 Å². The number of nitriles is 2. The van der Waals surface area contributed by atoms with E-state index in [4.69, 9.17) is 15.3 Å². The van der Waals surface area contributed by atoms with Gasteiger partial charge in [0.2, 0.25) is 0 Å². The lowest BCUT2D eigenvalue weighted by Crippen LogP contribution is -1.91. The summed E-state index contributed by atoms with van der Waals surface area (Å²) in [6.45, 7) is 0. The van der Waals surface area contributed by atoms with Crippen molar-refractivity contribution >= 4 is 17.8 Å². The average molecular weight is 240 g/mol. The molecule has 1 heterocycles. The van der Waals surface area contributed by atoms with Crippen molar-refractivity contribution in [3.05, 3.63) is 40.3 Å². The number of nitrogens with zero attached hydrogens (tertiary/aromatic N) is 2. The van der Waals surface area contributed by atoms with Crippen LogP contribution in [0.4, 0.5) is 0 Å². The first-order chi connectivity index (χ1) is 8.28. The molecule has 0 atom stereocenters. The van der Waals surface area contributed by atoms with Crippen molar-refractivity contribution in [3.63, 3.8) is 0 Å². The van der Waals surface area contributed by atoms with Crippen molar-refractivity contribution in [2.45, 2.75) is 4.90 Å². The SMILES string of the molecule is COc1ccc2c(c1)SC(=C(C#N)C#N)C=C2. The van der Waals surface area contributed by atoms with Gasteiger partial charge in [-0.25, -0.2) is 0 Å². The molecule has 1 aliphatic rings. The van der Waals surface area contributed by atoms with E-state index >= 15 is 0 Å². The Labute approximate surface area is 104 Å². The van der Waals surface area contributed by atoms with Crippen LogP contribution in [0, 0.1) is 22.7 Å². The maximum Gasteiger partial charge on any atom is 0.143 e. The van der Waals surface area contributed by atoms with E-state index < -0.39 is 0 Å². The van der Waals surface area contributed by atoms with E-state index in [2.05, 4.69) is 0 Å². The number of rotatable bonds is 1. The third kappa shape index (κ3) is 2.18. The molecule has 3 nitrogen and oxygen atoms in total. The Morgan fingerprint density at radius 2 is 2.00 bits per heavy atom. The number of thioether (sulfide) groups is 1. The van der Waals surface area contributed by atoms with E-state index in [0.29, 0.717) is 4.91 Å². The van der Waals surface area contributed by atoms with Gasteiger partial charge in [-0.1, -0.05) is 23.9 Å². The van der Waals surface area contributed by atoms with Crippen LogP contribution in [0.25, 0.3) is 6.08 Å². The minimum Gasteiger partial charge on any atom is -0.497 e. The molecule has 1 aromatic carbocycles. The normalized spacial score (nSPS) is 12.3. The van der Waals surface area contributed by atoms with Gasteiger partial charge >= 0.3 is 0 Å². The number of benzene rings is 1. The summed E-state index contributed by atoms with van der Waals surface area (Å²) in [5, 5.41) is 17.6. The summed E-state index contributed by atoms with van der Waals surface area (Å²) in [5.41, 5.74) is 1.20. The Morgan fingerprint density at radius 3 is 2.65 bits per heavy atom. The third-order valence-electron chi connectivity index (χ3n) is 2.32. The predicted octanol–water partition coefficient (Wildman–Crippen LogP) is 3.12. The van der Waals surface area contributed by atoms with E-state index in [9.17, 15) is 0 Å². The molecule has 0 aliphatic carbocycles. The number of methoxy groups -OCH3 is 1. The zero-order chi connectivity index (χ0) is 12.3. The van der Waals surface area contributed by atoms with Gasteiger partial charge in [-0.15, -0.1) is 0 Å². The molecule has 0 unspecified atom stereocenters. The van der Waals surface area contributed by atoms with Gasteiger partial charge in [0.25, 0.3) is 0 Å². The van der Waals surface area contributed by atoms with Crippen molar-refractivity contribution in [2.24, 2.45) is 0 Å². The molecule has 0 aromatic heterocycles. The standard InChI is InChI=1S/C13H8N2OS/c1-16-11-4-2-9-3-5-12(10(7-14)8-15)17-13(9)6-11/h2-6H,1H3. The van der Waals surface area contributed by atoms with Gasteiger partial charge in [-0.05, 0) is 23.8 Å². The molecule has 0 radical (unpaired) electrons. The summed E-state index contributed by atoms with van der Waals surface area (Å²) >= 11 is 1.41. The highest BCUT2D eigenvalue weighted by Gasteiger charge is 2.13. The highest BCUT2D eigenvalue weighted by atomic mass is 32.2. The van der Waals surface area contributed by atoms with Crippen LogP contribution in [-0.4, -0.2) is 7.11 Å². The number of ether oxygens (including phenoxy) is 1. The first-order valence-electron chi connectivity index (χ1n) is 4.87. The van der Waals surface area contributed by atoms with Crippen LogP contribution in [0.3, 0.4) is 0 Å². The molecule has 1 aliphatic heterocycles. The fourth-order valence-corrected chi connectivity index (χ4v) is 2.45. The maximum atomic E-state index is 8.82. The van der Waals surface area contributed by atoms with Crippen molar-refractivity contribution < 1.29 is 4.74 Å². The minimum atomic E-state index is 0.139. The second-order valence-corrected chi connectivity index (χ2v) is 4.39. The molecule has 0 saturated heterocycles. The van der Waals surface area contributed by atoms with Gasteiger partial charge in [0.1, 0.15) is 23.5 Å². The molecule has 2 rings (SSSR count). The van der Waals surface area contributed by atoms with Gasteiger partial charge in [0.15, 0.2) is 0 Å². The molecular formula is C13H8N2OS. The Kier molecular flexibility index (Phi) is 3.18. The summed E-state index contributed by atoms with van der Waals surface area (Å²) in [5.74, 6) is 0.765. The summed E-state index contributed by atoms with van der Waals surface area (Å²) in [4.78, 5) is 1.67. The average Bonchev–Trinajstić information content (AvgIpc) is 2.39. The number of allylic oxidation sites excluding steroid dienone is 2. The quantitative estimate of drug-likeness (QED) is 0.708. The van der Waals surface area contributed by atoms with Crippen molar-refractivity contribution in [1.29, 1.82) is 10.5 Å². The number of hydrogen-bond acceptors (Lipinski definition) is 4. The molecular weight excluding hydrogens is 232 g/mol. The lowest BCUT2D eigenvalue weighted by atomic mass is 10.1. The van der Waals surface area contributed by atoms with Crippen LogP contribution in [0.2, 0.25) is 0 Å². The van der Waals surface area contributed by atoms with Crippen LogP contribution in [0.15, 0.2) is 39.6 Å². The van der Waals surface area contributed by atoms with Crippen LogP contribution < -0.4 is 4.74 Å². The molecule has 82 valence electrons.